The number of nitro groups is 1. The van der Waals surface area contributed by atoms with E-state index < -0.39 is 4.92 Å². The Kier molecular flexibility index (Phi) is 4.34. The number of rotatable bonds is 6. The summed E-state index contributed by atoms with van der Waals surface area (Å²) < 4.78 is 0. The van der Waals surface area contributed by atoms with E-state index >= 15 is 0 Å². The van der Waals surface area contributed by atoms with Crippen molar-refractivity contribution in [1.29, 1.82) is 0 Å². The lowest BCUT2D eigenvalue weighted by Gasteiger charge is -2.25. The van der Waals surface area contributed by atoms with Gasteiger partial charge in [-0.25, -0.2) is 4.98 Å². The first-order chi connectivity index (χ1) is 9.46. The van der Waals surface area contributed by atoms with E-state index in [-0.39, 0.29) is 10.5 Å². The topological polar surface area (TPSA) is 68.1 Å². The van der Waals surface area contributed by atoms with E-state index in [1.54, 1.807) is 0 Å². The van der Waals surface area contributed by atoms with E-state index in [0.717, 1.165) is 24.2 Å². The number of nitrogens with zero attached hydrogens (tertiary/aromatic N) is 2. The standard InChI is InChI=1S/C14H17N3O2S/c1-14(2,9-8-11-6-4-3-5-7-11)16-13-15-10-12(20-13)17(18)19/h3-7,10H,8-9H2,1-2H3,(H,15,16). The highest BCUT2D eigenvalue weighted by Gasteiger charge is 2.20. The van der Waals surface area contributed by atoms with Crippen molar-refractivity contribution in [2.45, 2.75) is 32.2 Å². The van der Waals surface area contributed by atoms with Crippen LogP contribution in [0.1, 0.15) is 25.8 Å². The highest BCUT2D eigenvalue weighted by atomic mass is 32.1. The number of aromatic nitrogens is 1. The van der Waals surface area contributed by atoms with Crippen molar-refractivity contribution >= 4 is 21.5 Å². The average Bonchev–Trinajstić information content (AvgIpc) is 2.86. The van der Waals surface area contributed by atoms with Crippen LogP contribution in [0.4, 0.5) is 10.1 Å². The summed E-state index contributed by atoms with van der Waals surface area (Å²) >= 11 is 1.07. The van der Waals surface area contributed by atoms with Gasteiger partial charge >= 0.3 is 5.00 Å². The van der Waals surface area contributed by atoms with E-state index in [1.807, 2.05) is 18.2 Å². The SMILES string of the molecule is CC(C)(CCc1ccccc1)Nc1ncc([N+](=O)[O-])s1. The Hall–Kier alpha value is -1.95. The van der Waals surface area contributed by atoms with E-state index in [1.165, 1.54) is 11.8 Å². The van der Waals surface area contributed by atoms with Gasteiger partial charge in [0, 0.05) is 5.54 Å². The molecule has 1 heterocycles. The van der Waals surface area contributed by atoms with Crippen molar-refractivity contribution < 1.29 is 4.92 Å². The molecule has 0 unspecified atom stereocenters. The third-order valence-corrected chi connectivity index (χ3v) is 3.86. The fourth-order valence-electron chi connectivity index (χ4n) is 1.86. The van der Waals surface area contributed by atoms with Gasteiger partial charge in [-0.2, -0.15) is 0 Å². The van der Waals surface area contributed by atoms with Crippen LogP contribution in [-0.2, 0) is 6.42 Å². The second-order valence-corrected chi connectivity index (χ2v) is 6.26. The number of hydrogen-bond acceptors (Lipinski definition) is 5. The van der Waals surface area contributed by atoms with Crippen molar-refractivity contribution in [2.75, 3.05) is 5.32 Å². The fraction of sp³-hybridized carbons (Fsp3) is 0.357. The summed E-state index contributed by atoms with van der Waals surface area (Å²) in [6, 6.07) is 10.3. The lowest BCUT2D eigenvalue weighted by molar-refractivity contribution is -0.380. The molecule has 1 N–H and O–H groups in total. The molecule has 0 saturated carbocycles. The van der Waals surface area contributed by atoms with Crippen LogP contribution in [-0.4, -0.2) is 15.4 Å². The molecular formula is C14H17N3O2S. The molecular weight excluding hydrogens is 274 g/mol. The van der Waals surface area contributed by atoms with E-state index in [9.17, 15) is 10.1 Å². The Morgan fingerprint density at radius 2 is 2.05 bits per heavy atom. The van der Waals surface area contributed by atoms with Crippen LogP contribution in [0.5, 0.6) is 0 Å². The molecule has 0 bridgehead atoms. The molecule has 5 nitrogen and oxygen atoms in total. The number of aryl methyl sites for hydroxylation is 1. The predicted molar refractivity (Wildman–Crippen MR) is 81.2 cm³/mol. The Morgan fingerprint density at radius 3 is 2.65 bits per heavy atom. The molecule has 0 aliphatic rings. The van der Waals surface area contributed by atoms with Gasteiger partial charge in [0.05, 0.1) is 4.92 Å². The number of hydrogen-bond donors (Lipinski definition) is 1. The zero-order valence-corrected chi connectivity index (χ0v) is 12.3. The molecule has 2 rings (SSSR count). The molecule has 6 heteroatoms. The van der Waals surface area contributed by atoms with Gasteiger partial charge in [0.15, 0.2) is 5.13 Å². The minimum Gasteiger partial charge on any atom is -0.356 e. The van der Waals surface area contributed by atoms with E-state index in [4.69, 9.17) is 0 Å². The van der Waals surface area contributed by atoms with Gasteiger partial charge in [0.1, 0.15) is 6.20 Å². The third-order valence-electron chi connectivity index (χ3n) is 3.00. The van der Waals surface area contributed by atoms with Gasteiger partial charge in [0.25, 0.3) is 0 Å². The molecule has 0 aliphatic heterocycles. The van der Waals surface area contributed by atoms with Crippen LogP contribution < -0.4 is 5.32 Å². The van der Waals surface area contributed by atoms with Crippen LogP contribution in [0.3, 0.4) is 0 Å². The Morgan fingerprint density at radius 1 is 1.35 bits per heavy atom. The number of benzene rings is 1. The zero-order chi connectivity index (χ0) is 14.6. The smallest absolute Gasteiger partial charge is 0.345 e. The molecule has 0 atom stereocenters. The van der Waals surface area contributed by atoms with E-state index in [2.05, 4.69) is 36.3 Å². The molecule has 1 aromatic carbocycles. The number of thiazole rings is 1. The van der Waals surface area contributed by atoms with Crippen LogP contribution >= 0.6 is 11.3 Å². The summed E-state index contributed by atoms with van der Waals surface area (Å²) in [6.07, 6.45) is 3.17. The van der Waals surface area contributed by atoms with Gasteiger partial charge in [0.2, 0.25) is 0 Å². The summed E-state index contributed by atoms with van der Waals surface area (Å²) in [7, 11) is 0. The van der Waals surface area contributed by atoms with Gasteiger partial charge in [-0.05, 0) is 43.6 Å². The van der Waals surface area contributed by atoms with Crippen molar-refractivity contribution in [1.82, 2.24) is 4.98 Å². The van der Waals surface area contributed by atoms with Crippen LogP contribution in [0.25, 0.3) is 0 Å². The van der Waals surface area contributed by atoms with Gasteiger partial charge in [-0.1, -0.05) is 30.3 Å². The molecule has 20 heavy (non-hydrogen) atoms. The van der Waals surface area contributed by atoms with Gasteiger partial charge < -0.3 is 5.32 Å². The van der Waals surface area contributed by atoms with Crippen molar-refractivity contribution in [3.63, 3.8) is 0 Å². The summed E-state index contributed by atoms with van der Waals surface area (Å²) in [5.41, 5.74) is 1.12. The van der Waals surface area contributed by atoms with E-state index in [0.29, 0.717) is 5.13 Å². The maximum atomic E-state index is 10.6. The zero-order valence-electron chi connectivity index (χ0n) is 11.5. The fourth-order valence-corrected chi connectivity index (χ4v) is 2.67. The lowest BCUT2D eigenvalue weighted by atomic mass is 9.95. The molecule has 2 aromatic rings. The highest BCUT2D eigenvalue weighted by molar-refractivity contribution is 7.18. The molecule has 1 aromatic heterocycles. The monoisotopic (exact) mass is 291 g/mol. The summed E-state index contributed by atoms with van der Waals surface area (Å²) in [6.45, 7) is 4.15. The maximum absolute atomic E-state index is 10.6. The normalized spacial score (nSPS) is 11.3. The molecule has 0 aliphatic carbocycles. The molecule has 0 radical (unpaired) electrons. The number of nitrogens with one attached hydrogen (secondary N) is 1. The number of anilines is 1. The summed E-state index contributed by atoms with van der Waals surface area (Å²) in [5.74, 6) is 0. The third kappa shape index (κ3) is 4.03. The first-order valence-corrected chi connectivity index (χ1v) is 7.20. The minimum absolute atomic E-state index is 0.0614. The van der Waals surface area contributed by atoms with Crippen molar-refractivity contribution in [3.8, 4) is 0 Å². The van der Waals surface area contributed by atoms with Crippen LogP contribution in [0.2, 0.25) is 0 Å². The Labute approximate surface area is 121 Å². The molecule has 0 spiro atoms. The van der Waals surface area contributed by atoms with Gasteiger partial charge in [-0.15, -0.1) is 0 Å². The van der Waals surface area contributed by atoms with Crippen LogP contribution in [0, 0.1) is 10.1 Å². The predicted octanol–water partition coefficient (Wildman–Crippen LogP) is 3.87. The second kappa shape index (κ2) is 6.00. The lowest BCUT2D eigenvalue weighted by Crippen LogP contribution is -2.31. The first kappa shape index (κ1) is 14.5. The van der Waals surface area contributed by atoms with Crippen molar-refractivity contribution in [3.05, 3.63) is 52.2 Å². The first-order valence-electron chi connectivity index (χ1n) is 6.39. The molecule has 0 saturated heterocycles. The van der Waals surface area contributed by atoms with Crippen LogP contribution in [0.15, 0.2) is 36.5 Å². The Bertz CT molecular complexity index is 581. The van der Waals surface area contributed by atoms with Gasteiger partial charge in [-0.3, -0.25) is 10.1 Å². The molecule has 0 amide bonds. The molecule has 106 valence electrons. The summed E-state index contributed by atoms with van der Waals surface area (Å²) in [5, 5.41) is 14.6. The second-order valence-electron chi connectivity index (χ2n) is 5.26. The minimum atomic E-state index is -0.417. The maximum Gasteiger partial charge on any atom is 0.345 e. The summed E-state index contributed by atoms with van der Waals surface area (Å²) in [4.78, 5) is 14.3. The quantitative estimate of drug-likeness (QED) is 0.648. The highest BCUT2D eigenvalue weighted by Crippen LogP contribution is 2.28. The Balaban J connectivity index is 1.94. The average molecular weight is 291 g/mol. The largest absolute Gasteiger partial charge is 0.356 e. The molecule has 0 fully saturated rings. The van der Waals surface area contributed by atoms with Crippen molar-refractivity contribution in [2.24, 2.45) is 0 Å².